The second-order valence-electron chi connectivity index (χ2n) is 22.5. The third-order valence-electron chi connectivity index (χ3n) is 14.5. The maximum Gasteiger partial charge on any atom is 0.135 e. The fourth-order valence-electron chi connectivity index (χ4n) is 10.7. The summed E-state index contributed by atoms with van der Waals surface area (Å²) in [5, 5.41) is 8.99. The van der Waals surface area contributed by atoms with Crippen LogP contribution >= 0.6 is 0 Å². The Morgan fingerprint density at radius 2 is 1.11 bits per heavy atom. The van der Waals surface area contributed by atoms with Crippen LogP contribution in [0.5, 0.6) is 11.5 Å². The minimum atomic E-state index is -0.0813. The van der Waals surface area contributed by atoms with Gasteiger partial charge in [-0.2, -0.15) is 6.07 Å². The van der Waals surface area contributed by atoms with Gasteiger partial charge in [0.05, 0.1) is 12.3 Å². The molecular formula is C67H56N5OPt-3. The minimum Gasteiger partial charge on any atom is -0.510 e. The van der Waals surface area contributed by atoms with Crippen LogP contribution in [0.4, 0.5) is 17.1 Å². The van der Waals surface area contributed by atoms with E-state index in [0.717, 1.165) is 82.4 Å². The van der Waals surface area contributed by atoms with Gasteiger partial charge in [-0.05, 0) is 124 Å². The van der Waals surface area contributed by atoms with Crippen LogP contribution in [0.2, 0.25) is 0 Å². The van der Waals surface area contributed by atoms with Crippen molar-refractivity contribution in [3.63, 3.8) is 0 Å². The van der Waals surface area contributed by atoms with Gasteiger partial charge in [-0.25, -0.2) is 4.98 Å². The van der Waals surface area contributed by atoms with Crippen LogP contribution in [0.3, 0.4) is 0 Å². The molecule has 6 nitrogen and oxygen atoms in total. The fraction of sp³-hybridized carbons (Fsp3) is 0.179. The second-order valence-corrected chi connectivity index (χ2v) is 22.5. The summed E-state index contributed by atoms with van der Waals surface area (Å²) in [6, 6.07) is 65.7. The van der Waals surface area contributed by atoms with Crippen LogP contribution in [0.25, 0.3) is 86.9 Å². The van der Waals surface area contributed by atoms with E-state index in [0.29, 0.717) is 22.9 Å². The zero-order valence-electron chi connectivity index (χ0n) is 43.2. The molecule has 0 saturated carbocycles. The van der Waals surface area contributed by atoms with Crippen molar-refractivity contribution >= 4 is 82.2 Å². The molecule has 0 amide bonds. The molecule has 0 unspecified atom stereocenters. The molecule has 4 heterocycles. The first-order valence-corrected chi connectivity index (χ1v) is 25.1. The Labute approximate surface area is 448 Å². The van der Waals surface area contributed by atoms with Crippen LogP contribution in [0.15, 0.2) is 170 Å². The number of hydrogen-bond donors (Lipinski definition) is 0. The molecule has 1 aliphatic rings. The fourth-order valence-corrected chi connectivity index (χ4v) is 10.7. The summed E-state index contributed by atoms with van der Waals surface area (Å²) in [6.07, 6.45) is 1.89. The molecule has 1 aliphatic heterocycles. The number of benzene rings is 8. The number of para-hydroxylation sites is 3. The van der Waals surface area contributed by atoms with E-state index in [4.69, 9.17) is 16.3 Å². The summed E-state index contributed by atoms with van der Waals surface area (Å²) in [6.45, 7) is 31.0. The van der Waals surface area contributed by atoms with Crippen molar-refractivity contribution in [2.45, 2.75) is 78.6 Å². The van der Waals surface area contributed by atoms with Crippen LogP contribution in [-0.4, -0.2) is 14.1 Å². The van der Waals surface area contributed by atoms with E-state index in [-0.39, 0.29) is 37.3 Å². The first kappa shape index (κ1) is 48.4. The van der Waals surface area contributed by atoms with Gasteiger partial charge in [-0.1, -0.05) is 189 Å². The average Bonchev–Trinajstić information content (AvgIpc) is 3.94. The van der Waals surface area contributed by atoms with Gasteiger partial charge in [-0.15, -0.1) is 35.7 Å². The van der Waals surface area contributed by atoms with Gasteiger partial charge in [0.2, 0.25) is 0 Å². The number of pyridine rings is 1. The molecule has 0 fully saturated rings. The number of nitrogens with zero attached hydrogens (tertiary/aromatic N) is 5. The topological polar surface area (TPSA) is 39.6 Å². The van der Waals surface area contributed by atoms with Gasteiger partial charge in [0, 0.05) is 50.0 Å². The van der Waals surface area contributed by atoms with Gasteiger partial charge in [0.15, 0.2) is 0 Å². The van der Waals surface area contributed by atoms with E-state index in [1.807, 2.05) is 18.3 Å². The van der Waals surface area contributed by atoms with E-state index in [9.17, 15) is 0 Å². The molecule has 11 aromatic rings. The zero-order valence-corrected chi connectivity index (χ0v) is 45.5. The molecule has 0 spiro atoms. The SMILES string of the molecule is [C-]#[N+]c1cc(Oc2[c-]c3c(cc2)c2ccccc2n3-c2cc(C(C)(C)C)ccn2)[c-]c(N2[CH-]n3c4c(-c5cc(C(C)(C)C)cc(C(C)(C)C)c5)cccc4c4ccccc4c4ccccc4c4cccc2c43)c1.[Pt]. The van der Waals surface area contributed by atoms with Gasteiger partial charge < -0.3 is 18.8 Å². The van der Waals surface area contributed by atoms with Crippen molar-refractivity contribution in [2.24, 2.45) is 0 Å². The van der Waals surface area contributed by atoms with Gasteiger partial charge in [-0.3, -0.25) is 4.85 Å². The predicted octanol–water partition coefficient (Wildman–Crippen LogP) is 18.3. The number of rotatable bonds is 5. The first-order chi connectivity index (χ1) is 35.0. The Morgan fingerprint density at radius 1 is 0.527 bits per heavy atom. The van der Waals surface area contributed by atoms with Crippen molar-refractivity contribution in [1.29, 1.82) is 0 Å². The smallest absolute Gasteiger partial charge is 0.135 e. The maximum atomic E-state index is 8.38. The van der Waals surface area contributed by atoms with Crippen LogP contribution in [-0.2, 0) is 37.3 Å². The molecule has 7 heteroatoms. The summed E-state index contributed by atoms with van der Waals surface area (Å²) >= 11 is 0. The molecule has 0 N–H and O–H groups in total. The molecule has 3 aromatic heterocycles. The second kappa shape index (κ2) is 18.0. The van der Waals surface area contributed by atoms with Crippen LogP contribution in [0, 0.1) is 25.4 Å². The molecule has 0 atom stereocenters. The molecule has 0 radical (unpaired) electrons. The average molecular weight is 1140 g/mol. The van der Waals surface area contributed by atoms with Gasteiger partial charge in [0.25, 0.3) is 0 Å². The third-order valence-corrected chi connectivity index (χ3v) is 14.5. The van der Waals surface area contributed by atoms with E-state index in [1.165, 1.54) is 22.1 Å². The van der Waals surface area contributed by atoms with Crippen LogP contribution < -0.4 is 9.64 Å². The monoisotopic (exact) mass is 1140 g/mol. The van der Waals surface area contributed by atoms with Crippen molar-refractivity contribution in [3.8, 4) is 28.4 Å². The molecule has 12 rings (SSSR count). The van der Waals surface area contributed by atoms with Crippen molar-refractivity contribution in [1.82, 2.24) is 14.1 Å². The molecular weight excluding hydrogens is 1090 g/mol. The Kier molecular flexibility index (Phi) is 11.8. The Hall–Kier alpha value is -7.84. The quantitative estimate of drug-likeness (QED) is 0.161. The standard InChI is InChI=1S/C67H56N5O.Pt/c1-65(2,3)43-31-32-69-62(36-43)72-59-27-16-15-23-55(59)56-30-29-48(40-61(56)72)73-49-38-46(68-10)37-47(39-49)70-41-71-63-50(42-33-44(66(4,5)6)35-45(34-42)67(7,8)9)24-17-25-57(63)53-21-13-11-19-51(53)52-20-12-14-22-54(52)58-26-18-28-60(70)64(58)71;/h11-38,41H,1-9H3;/q-3;. The first-order valence-electron chi connectivity index (χ1n) is 25.1. The molecule has 0 bridgehead atoms. The number of aromatic nitrogens is 3. The normalized spacial score (nSPS) is 12.6. The predicted molar refractivity (Wildman–Crippen MR) is 304 cm³/mol. The van der Waals surface area contributed by atoms with Gasteiger partial charge in [0.1, 0.15) is 5.82 Å². The summed E-state index contributed by atoms with van der Waals surface area (Å²) in [5.74, 6) is 1.73. The van der Waals surface area contributed by atoms with Crippen molar-refractivity contribution in [2.75, 3.05) is 4.90 Å². The van der Waals surface area contributed by atoms with Crippen molar-refractivity contribution in [3.05, 3.63) is 217 Å². The van der Waals surface area contributed by atoms with E-state index in [1.54, 1.807) is 6.07 Å². The number of fused-ring (bicyclic) bond motifs is 10. The Balaban J connectivity index is 0.00000588. The van der Waals surface area contributed by atoms with E-state index < -0.39 is 0 Å². The molecule has 74 heavy (non-hydrogen) atoms. The molecule has 0 saturated heterocycles. The Bertz CT molecular complexity index is 4160. The maximum absolute atomic E-state index is 8.38. The number of anilines is 2. The van der Waals surface area contributed by atoms with E-state index in [2.05, 4.69) is 246 Å². The summed E-state index contributed by atoms with van der Waals surface area (Å²) in [5.41, 5.74) is 11.9. The minimum absolute atomic E-state index is 0. The summed E-state index contributed by atoms with van der Waals surface area (Å²) < 4.78 is 11.3. The third kappa shape index (κ3) is 8.25. The van der Waals surface area contributed by atoms with Crippen LogP contribution in [0.1, 0.15) is 79.0 Å². The molecule has 0 aliphatic carbocycles. The molecule has 368 valence electrons. The zero-order chi connectivity index (χ0) is 50.6. The number of ether oxygens (including phenoxy) is 1. The Morgan fingerprint density at radius 3 is 1.74 bits per heavy atom. The van der Waals surface area contributed by atoms with Crippen molar-refractivity contribution < 1.29 is 25.8 Å². The summed E-state index contributed by atoms with van der Waals surface area (Å²) in [4.78, 5) is 11.1. The van der Waals surface area contributed by atoms with Gasteiger partial charge >= 0.3 is 0 Å². The molecule has 8 aromatic carbocycles. The van der Waals surface area contributed by atoms with E-state index >= 15 is 0 Å². The largest absolute Gasteiger partial charge is 0.510 e. The summed E-state index contributed by atoms with van der Waals surface area (Å²) in [7, 11) is 0. The number of hydrogen-bond acceptors (Lipinski definition) is 3.